The number of aliphatic hydroxyl groups is 1. The first kappa shape index (κ1) is 27.3. The number of Topliss-reactive ketones (excluding diaryl/α,β-unsaturated/α-hetero) is 1. The van der Waals surface area contributed by atoms with E-state index in [1.54, 1.807) is 43.5 Å². The molecule has 1 N–H and O–H groups in total. The van der Waals surface area contributed by atoms with E-state index in [-0.39, 0.29) is 22.6 Å². The van der Waals surface area contributed by atoms with E-state index in [0.717, 1.165) is 16.9 Å². The van der Waals surface area contributed by atoms with Crippen molar-refractivity contribution in [1.82, 2.24) is 10.2 Å². The van der Waals surface area contributed by atoms with Crippen molar-refractivity contribution in [3.63, 3.8) is 0 Å². The van der Waals surface area contributed by atoms with Crippen molar-refractivity contribution < 1.29 is 24.2 Å². The second kappa shape index (κ2) is 11.2. The zero-order chi connectivity index (χ0) is 28.7. The summed E-state index contributed by atoms with van der Waals surface area (Å²) in [5.74, 6) is 0.174. The second-order valence-corrected chi connectivity index (χ2v) is 12.3. The third-order valence-electron chi connectivity index (χ3n) is 6.92. The maximum atomic E-state index is 13.5. The number of nitrogens with zero attached hydrogens (tertiary/aromatic N) is 3. The quantitative estimate of drug-likeness (QED) is 0.0844. The van der Waals surface area contributed by atoms with E-state index in [4.69, 9.17) is 21.1 Å². The van der Waals surface area contributed by atoms with Gasteiger partial charge in [0, 0.05) is 22.8 Å². The van der Waals surface area contributed by atoms with Crippen LogP contribution in [-0.4, -0.2) is 40.2 Å². The van der Waals surface area contributed by atoms with Crippen LogP contribution in [0.4, 0.5) is 5.13 Å². The van der Waals surface area contributed by atoms with E-state index in [1.807, 2.05) is 37.3 Å². The summed E-state index contributed by atoms with van der Waals surface area (Å²) in [7, 11) is 1.56. The number of aliphatic hydroxyl groups excluding tert-OH is 1. The van der Waals surface area contributed by atoms with Gasteiger partial charge >= 0.3 is 5.91 Å². The van der Waals surface area contributed by atoms with Gasteiger partial charge in [-0.1, -0.05) is 59.0 Å². The summed E-state index contributed by atoms with van der Waals surface area (Å²) in [6.07, 6.45) is 0.713. The minimum Gasteiger partial charge on any atom is -0.507 e. The number of carbonyl (C=O) groups is 2. The van der Waals surface area contributed by atoms with Crippen LogP contribution in [0.5, 0.6) is 11.5 Å². The molecule has 1 fully saturated rings. The van der Waals surface area contributed by atoms with Gasteiger partial charge in [0.05, 0.1) is 18.7 Å². The lowest BCUT2D eigenvalue weighted by molar-refractivity contribution is -0.132. The van der Waals surface area contributed by atoms with Crippen molar-refractivity contribution in [2.24, 2.45) is 0 Å². The Kier molecular flexibility index (Phi) is 7.46. The van der Waals surface area contributed by atoms with Crippen LogP contribution < -0.4 is 14.4 Å². The molecule has 1 saturated heterocycles. The number of anilines is 1. The first-order valence-corrected chi connectivity index (χ1v) is 15.0. The molecular weight excluding hydrogens is 582 g/mol. The second-order valence-electron chi connectivity index (χ2n) is 9.66. The van der Waals surface area contributed by atoms with Gasteiger partial charge in [-0.25, -0.2) is 0 Å². The number of amides is 1. The first-order valence-electron chi connectivity index (χ1n) is 12.8. The van der Waals surface area contributed by atoms with Crippen molar-refractivity contribution in [3.8, 4) is 11.5 Å². The highest BCUT2D eigenvalue weighted by Gasteiger charge is 2.48. The molecule has 2 atom stereocenters. The molecule has 208 valence electrons. The van der Waals surface area contributed by atoms with Gasteiger partial charge in [-0.2, -0.15) is 0 Å². The van der Waals surface area contributed by atoms with Crippen LogP contribution >= 0.6 is 34.7 Å². The SMILES string of the molecule is COc1ccc([C@@H]2/C(=C(\O)c3ccc4c(c3)C[C@H](C)O4)C(=O)C(=O)N2c2nnc(SCc3ccc(Cl)cc3)s2)cc1. The predicted octanol–water partition coefficient (Wildman–Crippen LogP) is 6.44. The fraction of sp³-hybridized carbons (Fsp3) is 0.200. The lowest BCUT2D eigenvalue weighted by Crippen LogP contribution is -2.29. The molecule has 2 aliphatic heterocycles. The number of fused-ring (bicyclic) bond motifs is 1. The molecule has 3 aromatic carbocycles. The van der Waals surface area contributed by atoms with Gasteiger partial charge in [-0.3, -0.25) is 14.5 Å². The topological polar surface area (TPSA) is 102 Å². The Labute approximate surface area is 249 Å². The summed E-state index contributed by atoms with van der Waals surface area (Å²) >= 11 is 8.67. The number of carbonyl (C=O) groups excluding carboxylic acids is 2. The van der Waals surface area contributed by atoms with Crippen LogP contribution in [0.3, 0.4) is 0 Å². The summed E-state index contributed by atoms with van der Waals surface area (Å²) in [6.45, 7) is 1.97. The normalized spacial score (nSPS) is 19.3. The van der Waals surface area contributed by atoms with E-state index >= 15 is 0 Å². The number of hydrogen-bond acceptors (Lipinski definition) is 9. The average molecular weight is 606 g/mol. The Hall–Kier alpha value is -3.86. The van der Waals surface area contributed by atoms with Crippen molar-refractivity contribution in [2.45, 2.75) is 35.6 Å². The molecule has 0 spiro atoms. The van der Waals surface area contributed by atoms with Crippen LogP contribution in [-0.2, 0) is 21.8 Å². The zero-order valence-corrected chi connectivity index (χ0v) is 24.4. The lowest BCUT2D eigenvalue weighted by atomic mass is 9.94. The average Bonchev–Trinajstić information content (AvgIpc) is 3.67. The molecule has 0 unspecified atom stereocenters. The van der Waals surface area contributed by atoms with E-state index in [1.165, 1.54) is 28.0 Å². The lowest BCUT2D eigenvalue weighted by Gasteiger charge is -2.22. The van der Waals surface area contributed by atoms with Gasteiger partial charge in [0.1, 0.15) is 23.4 Å². The Morgan fingerprint density at radius 3 is 2.61 bits per heavy atom. The predicted molar refractivity (Wildman–Crippen MR) is 159 cm³/mol. The zero-order valence-electron chi connectivity index (χ0n) is 22.0. The molecule has 41 heavy (non-hydrogen) atoms. The molecule has 1 aromatic heterocycles. The molecular formula is C30H24ClN3O5S2. The van der Waals surface area contributed by atoms with Gasteiger partial charge < -0.3 is 14.6 Å². The number of ketones is 1. The number of hydrogen-bond donors (Lipinski definition) is 1. The third-order valence-corrected chi connectivity index (χ3v) is 9.30. The number of rotatable bonds is 7. The minimum atomic E-state index is -0.911. The molecule has 4 aromatic rings. The van der Waals surface area contributed by atoms with Crippen molar-refractivity contribution >= 4 is 57.3 Å². The van der Waals surface area contributed by atoms with Gasteiger partial charge in [-0.15, -0.1) is 10.2 Å². The van der Waals surface area contributed by atoms with E-state index in [0.29, 0.717) is 38.4 Å². The Bertz CT molecular complexity index is 1670. The van der Waals surface area contributed by atoms with Gasteiger partial charge in [0.25, 0.3) is 5.78 Å². The van der Waals surface area contributed by atoms with Gasteiger partial charge in [0.15, 0.2) is 4.34 Å². The summed E-state index contributed by atoms with van der Waals surface area (Å²) in [5, 5.41) is 21.0. The number of thioether (sulfide) groups is 1. The highest BCUT2D eigenvalue weighted by Crippen LogP contribution is 2.45. The molecule has 6 rings (SSSR count). The van der Waals surface area contributed by atoms with Crippen molar-refractivity contribution in [2.75, 3.05) is 12.0 Å². The number of benzene rings is 3. The summed E-state index contributed by atoms with van der Waals surface area (Å²) < 4.78 is 11.7. The third kappa shape index (κ3) is 5.30. The minimum absolute atomic E-state index is 0.0161. The number of ether oxygens (including phenoxy) is 2. The van der Waals surface area contributed by atoms with E-state index in [2.05, 4.69) is 10.2 Å². The summed E-state index contributed by atoms with van der Waals surface area (Å²) in [6, 6.07) is 18.9. The van der Waals surface area contributed by atoms with Crippen LogP contribution in [0, 0.1) is 0 Å². The van der Waals surface area contributed by atoms with E-state index < -0.39 is 17.7 Å². The Morgan fingerprint density at radius 1 is 1.12 bits per heavy atom. The standard InChI is InChI=1S/C30H24ClN3O5S2/c1-16-13-20-14-19(7-12-23(20)39-16)26(35)24-25(18-5-10-22(38-2)11-6-18)34(28(37)27(24)36)29-32-33-30(41-29)40-15-17-3-8-21(31)9-4-17/h3-12,14,16,25,35H,13,15H2,1-2H3/b26-24+/t16-,25+/m0/s1. The number of aromatic nitrogens is 2. The largest absolute Gasteiger partial charge is 0.507 e. The molecule has 0 bridgehead atoms. The summed E-state index contributed by atoms with van der Waals surface area (Å²) in [4.78, 5) is 28.4. The Morgan fingerprint density at radius 2 is 1.88 bits per heavy atom. The highest BCUT2D eigenvalue weighted by atomic mass is 35.5. The number of methoxy groups -OCH3 is 1. The molecule has 0 radical (unpaired) electrons. The summed E-state index contributed by atoms with van der Waals surface area (Å²) in [5.41, 5.74) is 3.04. The van der Waals surface area contributed by atoms with Crippen molar-refractivity contribution in [1.29, 1.82) is 0 Å². The fourth-order valence-corrected chi connectivity index (χ4v) is 6.89. The Balaban J connectivity index is 1.38. The van der Waals surface area contributed by atoms with Crippen LogP contribution in [0.2, 0.25) is 5.02 Å². The molecule has 3 heterocycles. The maximum absolute atomic E-state index is 13.5. The molecule has 1 amide bonds. The van der Waals surface area contributed by atoms with Crippen LogP contribution in [0.15, 0.2) is 76.6 Å². The fourth-order valence-electron chi connectivity index (χ4n) is 4.94. The molecule has 0 aliphatic carbocycles. The van der Waals surface area contributed by atoms with Gasteiger partial charge in [0.2, 0.25) is 5.13 Å². The monoisotopic (exact) mass is 605 g/mol. The molecule has 11 heteroatoms. The molecule has 8 nitrogen and oxygen atoms in total. The van der Waals surface area contributed by atoms with Crippen LogP contribution in [0.25, 0.3) is 5.76 Å². The highest BCUT2D eigenvalue weighted by molar-refractivity contribution is 8.00. The number of halogens is 1. The van der Waals surface area contributed by atoms with Gasteiger partial charge in [-0.05, 0) is 66.1 Å². The van der Waals surface area contributed by atoms with Crippen LogP contribution in [0.1, 0.15) is 35.2 Å². The first-order chi connectivity index (χ1) is 19.8. The maximum Gasteiger partial charge on any atom is 0.301 e. The van der Waals surface area contributed by atoms with E-state index in [9.17, 15) is 14.7 Å². The molecule has 2 aliphatic rings. The molecule has 0 saturated carbocycles. The smallest absolute Gasteiger partial charge is 0.301 e. The van der Waals surface area contributed by atoms with Crippen molar-refractivity contribution in [3.05, 3.63) is 99.6 Å².